The number of nitrogens with one attached hydrogen (secondary N) is 1. The van der Waals surface area contributed by atoms with Crippen LogP contribution in [0.25, 0.3) is 16.6 Å². The van der Waals surface area contributed by atoms with E-state index in [2.05, 4.69) is 10.3 Å². The van der Waals surface area contributed by atoms with Gasteiger partial charge >= 0.3 is 0 Å². The van der Waals surface area contributed by atoms with Gasteiger partial charge in [-0.2, -0.15) is 0 Å². The molecule has 0 aliphatic heterocycles. The Bertz CT molecular complexity index is 1500. The lowest BCUT2D eigenvalue weighted by atomic mass is 10.1. The molecule has 1 N–H and O–H groups in total. The molecule has 0 spiro atoms. The van der Waals surface area contributed by atoms with Crippen molar-refractivity contribution in [2.45, 2.75) is 19.0 Å². The average Bonchev–Trinajstić information content (AvgIpc) is 2.81. The molecule has 1 amide bonds. The van der Waals surface area contributed by atoms with E-state index in [-0.39, 0.29) is 27.7 Å². The fraction of sp³-hybridized carbons (Fsp3) is 0.125. The molecule has 0 saturated carbocycles. The summed E-state index contributed by atoms with van der Waals surface area (Å²) >= 11 is 6.91. The van der Waals surface area contributed by atoms with Gasteiger partial charge in [0.15, 0.2) is 5.16 Å². The molecule has 0 atom stereocenters. The highest BCUT2D eigenvalue weighted by Crippen LogP contribution is 2.28. The van der Waals surface area contributed by atoms with Gasteiger partial charge in [0.25, 0.3) is 11.2 Å². The summed E-state index contributed by atoms with van der Waals surface area (Å²) in [5, 5.41) is 14.8. The Balaban J connectivity index is 1.68. The van der Waals surface area contributed by atoms with E-state index < -0.39 is 10.8 Å². The molecule has 0 fully saturated rings. The van der Waals surface area contributed by atoms with Gasteiger partial charge in [-0.05, 0) is 61.4 Å². The number of aromatic nitrogens is 2. The number of anilines is 1. The first-order chi connectivity index (χ1) is 16.2. The maximum Gasteiger partial charge on any atom is 0.294 e. The Hall–Kier alpha value is -3.69. The van der Waals surface area contributed by atoms with Gasteiger partial charge in [0.2, 0.25) is 5.91 Å². The van der Waals surface area contributed by atoms with Gasteiger partial charge in [-0.25, -0.2) is 4.98 Å². The third-order valence-corrected chi connectivity index (χ3v) is 6.43. The Morgan fingerprint density at radius 2 is 1.88 bits per heavy atom. The average molecular weight is 495 g/mol. The molecule has 1 heterocycles. The molecular weight excluding hydrogens is 476 g/mol. The van der Waals surface area contributed by atoms with Gasteiger partial charge in [0, 0.05) is 11.1 Å². The first-order valence-corrected chi connectivity index (χ1v) is 11.6. The van der Waals surface area contributed by atoms with E-state index in [0.717, 1.165) is 22.9 Å². The Kier molecular flexibility index (Phi) is 6.67. The second-order valence-electron chi connectivity index (χ2n) is 7.58. The third kappa shape index (κ3) is 4.80. The fourth-order valence-corrected chi connectivity index (χ4v) is 4.36. The van der Waals surface area contributed by atoms with E-state index >= 15 is 0 Å². The lowest BCUT2D eigenvalue weighted by Crippen LogP contribution is -2.23. The first kappa shape index (κ1) is 23.5. The zero-order valence-electron chi connectivity index (χ0n) is 18.2. The van der Waals surface area contributed by atoms with Crippen LogP contribution < -0.4 is 10.9 Å². The zero-order chi connectivity index (χ0) is 24.4. The van der Waals surface area contributed by atoms with Crippen LogP contribution in [0.1, 0.15) is 11.1 Å². The Morgan fingerprint density at radius 1 is 1.12 bits per heavy atom. The van der Waals surface area contributed by atoms with Gasteiger partial charge in [-0.3, -0.25) is 24.3 Å². The van der Waals surface area contributed by atoms with Crippen molar-refractivity contribution in [2.75, 3.05) is 11.1 Å². The zero-order valence-corrected chi connectivity index (χ0v) is 19.8. The van der Waals surface area contributed by atoms with Crippen molar-refractivity contribution in [3.8, 4) is 5.69 Å². The highest BCUT2D eigenvalue weighted by Gasteiger charge is 2.19. The number of thioether (sulfide) groups is 1. The number of nitro benzene ring substituents is 1. The number of amides is 1. The molecular formula is C24H19ClN4O4S. The van der Waals surface area contributed by atoms with Crippen molar-refractivity contribution in [1.29, 1.82) is 0 Å². The second-order valence-corrected chi connectivity index (χ2v) is 8.96. The van der Waals surface area contributed by atoms with Crippen LogP contribution in [0, 0.1) is 24.0 Å². The van der Waals surface area contributed by atoms with E-state index in [4.69, 9.17) is 11.6 Å². The van der Waals surface area contributed by atoms with Crippen molar-refractivity contribution >= 4 is 51.5 Å². The number of rotatable bonds is 6. The molecule has 4 aromatic rings. The van der Waals surface area contributed by atoms with Crippen molar-refractivity contribution in [2.24, 2.45) is 0 Å². The summed E-state index contributed by atoms with van der Waals surface area (Å²) < 4.78 is 1.48. The number of halogens is 1. The topological polar surface area (TPSA) is 107 Å². The van der Waals surface area contributed by atoms with E-state index in [1.807, 2.05) is 32.0 Å². The van der Waals surface area contributed by atoms with E-state index in [9.17, 15) is 19.7 Å². The van der Waals surface area contributed by atoms with Crippen molar-refractivity contribution in [1.82, 2.24) is 9.55 Å². The van der Waals surface area contributed by atoms with Crippen molar-refractivity contribution < 1.29 is 9.72 Å². The van der Waals surface area contributed by atoms with Crippen LogP contribution in [-0.2, 0) is 4.79 Å². The number of nitro groups is 1. The van der Waals surface area contributed by atoms with Crippen LogP contribution in [0.5, 0.6) is 0 Å². The van der Waals surface area contributed by atoms with Gasteiger partial charge in [0.05, 0.1) is 27.3 Å². The number of para-hydroxylation sites is 1. The van der Waals surface area contributed by atoms with E-state index in [1.54, 1.807) is 24.3 Å². The standard InChI is InChI=1S/C24H19ClN4O4S/c1-14-7-9-17(11-15(14)2)28-23(31)18-5-3-4-6-19(18)27-24(28)34-13-22(30)26-20-10-8-16(25)12-21(20)29(32)33/h3-12H,13H2,1-2H3,(H,26,30). The number of nitrogens with zero attached hydrogens (tertiary/aromatic N) is 3. The van der Waals surface area contributed by atoms with Crippen LogP contribution in [0.3, 0.4) is 0 Å². The highest BCUT2D eigenvalue weighted by molar-refractivity contribution is 7.99. The van der Waals surface area contributed by atoms with Crippen LogP contribution in [0.2, 0.25) is 5.02 Å². The summed E-state index contributed by atoms with van der Waals surface area (Å²) in [4.78, 5) is 41.3. The normalized spacial score (nSPS) is 10.9. The summed E-state index contributed by atoms with van der Waals surface area (Å²) in [6.45, 7) is 3.94. The minimum Gasteiger partial charge on any atom is -0.320 e. The molecule has 1 aromatic heterocycles. The molecule has 0 aliphatic rings. The van der Waals surface area contributed by atoms with Crippen molar-refractivity contribution in [3.63, 3.8) is 0 Å². The van der Waals surface area contributed by atoms with Gasteiger partial charge in [0.1, 0.15) is 5.69 Å². The first-order valence-electron chi connectivity index (χ1n) is 10.2. The molecule has 0 aliphatic carbocycles. The van der Waals surface area contributed by atoms with Crippen molar-refractivity contribution in [3.05, 3.63) is 97.3 Å². The lowest BCUT2D eigenvalue weighted by Gasteiger charge is -2.14. The maximum atomic E-state index is 13.4. The SMILES string of the molecule is Cc1ccc(-n2c(SCC(=O)Nc3ccc(Cl)cc3[N+](=O)[O-])nc3ccccc3c2=O)cc1C. The lowest BCUT2D eigenvalue weighted by molar-refractivity contribution is -0.383. The number of carbonyl (C=O) groups is 1. The molecule has 10 heteroatoms. The predicted molar refractivity (Wildman–Crippen MR) is 134 cm³/mol. The number of hydrogen-bond acceptors (Lipinski definition) is 6. The minimum absolute atomic E-state index is 0.0398. The monoisotopic (exact) mass is 494 g/mol. The number of carbonyl (C=O) groups excluding carboxylic acids is 1. The quantitative estimate of drug-likeness (QED) is 0.169. The summed E-state index contributed by atoms with van der Waals surface area (Å²) in [7, 11) is 0. The molecule has 0 radical (unpaired) electrons. The second kappa shape index (κ2) is 9.66. The minimum atomic E-state index is -0.614. The predicted octanol–water partition coefficient (Wildman–Crippen LogP) is 5.29. The Morgan fingerprint density at radius 3 is 2.62 bits per heavy atom. The van der Waals surface area contributed by atoms with Crippen LogP contribution in [-0.4, -0.2) is 26.1 Å². The summed E-state index contributed by atoms with van der Waals surface area (Å²) in [6, 6.07) is 16.7. The van der Waals surface area contributed by atoms with E-state index in [1.165, 1.54) is 22.8 Å². The van der Waals surface area contributed by atoms with Gasteiger partial charge in [-0.15, -0.1) is 0 Å². The van der Waals surface area contributed by atoms with Gasteiger partial charge in [-0.1, -0.05) is 41.6 Å². The largest absolute Gasteiger partial charge is 0.320 e. The summed E-state index contributed by atoms with van der Waals surface area (Å²) in [5.74, 6) is -0.598. The molecule has 172 valence electrons. The van der Waals surface area contributed by atoms with Crippen LogP contribution >= 0.6 is 23.4 Å². The molecule has 8 nitrogen and oxygen atoms in total. The molecule has 34 heavy (non-hydrogen) atoms. The molecule has 4 rings (SSSR count). The van der Waals surface area contributed by atoms with Gasteiger partial charge < -0.3 is 5.32 Å². The third-order valence-electron chi connectivity index (χ3n) is 5.26. The fourth-order valence-electron chi connectivity index (χ4n) is 3.38. The summed E-state index contributed by atoms with van der Waals surface area (Å²) in [5.41, 5.74) is 2.75. The Labute approximate surface area is 203 Å². The van der Waals surface area contributed by atoms with Crippen LogP contribution in [0.4, 0.5) is 11.4 Å². The number of benzene rings is 3. The summed E-state index contributed by atoms with van der Waals surface area (Å²) in [6.07, 6.45) is 0. The molecule has 0 unspecified atom stereocenters. The number of aryl methyl sites for hydroxylation is 2. The van der Waals surface area contributed by atoms with Crippen LogP contribution in [0.15, 0.2) is 70.6 Å². The molecule has 0 bridgehead atoms. The highest BCUT2D eigenvalue weighted by atomic mass is 35.5. The smallest absolute Gasteiger partial charge is 0.294 e. The number of hydrogen-bond donors (Lipinski definition) is 1. The van der Waals surface area contributed by atoms with E-state index in [0.29, 0.717) is 21.7 Å². The molecule has 3 aromatic carbocycles. The maximum absolute atomic E-state index is 13.4. The molecule has 0 saturated heterocycles. The number of fused-ring (bicyclic) bond motifs is 1.